The zero-order valence-electron chi connectivity index (χ0n) is 13.6. The number of hydrogen-bond donors (Lipinski definition) is 0. The van der Waals surface area contributed by atoms with Crippen molar-refractivity contribution in [3.63, 3.8) is 0 Å². The summed E-state index contributed by atoms with van der Waals surface area (Å²) in [6.07, 6.45) is -0.221. The van der Waals surface area contributed by atoms with Crippen LogP contribution in [0.5, 0.6) is 5.75 Å². The van der Waals surface area contributed by atoms with Crippen LogP contribution in [0.2, 0.25) is 5.02 Å². The maximum Gasteiger partial charge on any atom is 0.488 e. The molecular weight excluding hydrogens is 388 g/mol. The highest BCUT2D eigenvalue weighted by atomic mass is 35.5. The van der Waals surface area contributed by atoms with E-state index < -0.39 is 16.3 Å². The van der Waals surface area contributed by atoms with E-state index in [1.807, 2.05) is 0 Å². The van der Waals surface area contributed by atoms with E-state index in [0.29, 0.717) is 26.2 Å². The fraction of sp³-hybridized carbons (Fsp3) is 0.294. The first-order valence-electron chi connectivity index (χ1n) is 7.82. The van der Waals surface area contributed by atoms with Gasteiger partial charge < -0.3 is 8.92 Å². The zero-order chi connectivity index (χ0) is 18.7. The molecule has 0 saturated carbocycles. The normalized spacial score (nSPS) is 18.7. The van der Waals surface area contributed by atoms with Crippen LogP contribution in [0.15, 0.2) is 42.5 Å². The molecule has 5 nitrogen and oxygen atoms in total. The molecule has 26 heavy (non-hydrogen) atoms. The highest BCUT2D eigenvalue weighted by molar-refractivity contribution is 7.81. The van der Waals surface area contributed by atoms with Gasteiger partial charge in [-0.3, -0.25) is 4.90 Å². The molecule has 1 fully saturated rings. The first-order chi connectivity index (χ1) is 12.3. The van der Waals surface area contributed by atoms with E-state index in [1.165, 1.54) is 18.2 Å². The second-order valence-corrected chi connectivity index (χ2v) is 7.25. The lowest BCUT2D eigenvalue weighted by atomic mass is 10.1. The summed E-state index contributed by atoms with van der Waals surface area (Å²) in [7, 11) is -5.03. The predicted molar refractivity (Wildman–Crippen MR) is 92.5 cm³/mol. The third-order valence-electron chi connectivity index (χ3n) is 3.99. The van der Waals surface area contributed by atoms with Crippen molar-refractivity contribution in [2.45, 2.75) is 12.6 Å². The standard InChI is InChI=1S/C17H16ClF2NO4S/c18-15-9-13(3-6-16(15)19)17-11-21(7-8-24-17)10-12-1-4-14(5-2-12)25-26(20,22)23/h1-6,9,17H,7-8,10-11H2. The fourth-order valence-corrected chi connectivity index (χ4v) is 3.31. The van der Waals surface area contributed by atoms with Gasteiger partial charge in [0.1, 0.15) is 11.6 Å². The van der Waals surface area contributed by atoms with Gasteiger partial charge in [-0.2, -0.15) is 8.42 Å². The van der Waals surface area contributed by atoms with E-state index >= 15 is 0 Å². The molecule has 1 heterocycles. The van der Waals surface area contributed by atoms with Gasteiger partial charge in [0.15, 0.2) is 0 Å². The van der Waals surface area contributed by atoms with Crippen LogP contribution in [0, 0.1) is 5.82 Å². The van der Waals surface area contributed by atoms with E-state index in [2.05, 4.69) is 9.08 Å². The number of nitrogens with zero attached hydrogens (tertiary/aromatic N) is 1. The zero-order valence-corrected chi connectivity index (χ0v) is 15.1. The Morgan fingerprint density at radius 3 is 2.62 bits per heavy atom. The fourth-order valence-electron chi connectivity index (χ4n) is 2.78. The quantitative estimate of drug-likeness (QED) is 0.713. The molecule has 0 N–H and O–H groups in total. The highest BCUT2D eigenvalue weighted by Gasteiger charge is 2.23. The summed E-state index contributed by atoms with van der Waals surface area (Å²) in [5, 5.41) is 0.0571. The van der Waals surface area contributed by atoms with Crippen LogP contribution in [-0.4, -0.2) is 33.0 Å². The molecular formula is C17H16ClF2NO4S. The maximum atomic E-state index is 13.3. The molecule has 2 aromatic rings. The van der Waals surface area contributed by atoms with Crippen molar-refractivity contribution >= 4 is 22.1 Å². The van der Waals surface area contributed by atoms with Crippen LogP contribution < -0.4 is 4.18 Å². The molecule has 3 rings (SSSR count). The van der Waals surface area contributed by atoms with Gasteiger partial charge in [-0.05, 0) is 35.4 Å². The Hall–Kier alpha value is -1.74. The van der Waals surface area contributed by atoms with Crippen LogP contribution in [0.3, 0.4) is 0 Å². The number of rotatable bonds is 5. The summed E-state index contributed by atoms with van der Waals surface area (Å²) in [5.74, 6) is -0.558. The predicted octanol–water partition coefficient (Wildman–Crippen LogP) is 3.65. The highest BCUT2D eigenvalue weighted by Crippen LogP contribution is 2.27. The number of hydrogen-bond acceptors (Lipinski definition) is 5. The van der Waals surface area contributed by atoms with E-state index in [-0.39, 0.29) is 16.9 Å². The Bertz CT molecular complexity index is 877. The van der Waals surface area contributed by atoms with Crippen LogP contribution in [0.1, 0.15) is 17.2 Å². The van der Waals surface area contributed by atoms with Gasteiger partial charge in [-0.1, -0.05) is 33.7 Å². The second-order valence-electron chi connectivity index (χ2n) is 5.89. The molecule has 0 amide bonds. The van der Waals surface area contributed by atoms with Gasteiger partial charge in [0.2, 0.25) is 0 Å². The summed E-state index contributed by atoms with van der Waals surface area (Å²) in [6, 6.07) is 10.7. The summed E-state index contributed by atoms with van der Waals surface area (Å²) in [4.78, 5) is 2.15. The minimum absolute atomic E-state index is 0.0571. The molecule has 2 aromatic carbocycles. The Morgan fingerprint density at radius 2 is 1.96 bits per heavy atom. The summed E-state index contributed by atoms with van der Waals surface area (Å²) < 4.78 is 56.7. The first kappa shape index (κ1) is 19.0. The molecule has 9 heteroatoms. The van der Waals surface area contributed by atoms with Crippen molar-refractivity contribution in [3.05, 3.63) is 64.4 Å². The molecule has 0 aromatic heterocycles. The van der Waals surface area contributed by atoms with Crippen LogP contribution in [0.4, 0.5) is 8.28 Å². The van der Waals surface area contributed by atoms with Crippen LogP contribution in [0.25, 0.3) is 0 Å². The molecule has 1 aliphatic heterocycles. The van der Waals surface area contributed by atoms with E-state index in [1.54, 1.807) is 24.3 Å². The molecule has 0 bridgehead atoms. The maximum absolute atomic E-state index is 13.3. The topological polar surface area (TPSA) is 55.8 Å². The molecule has 0 radical (unpaired) electrons. The monoisotopic (exact) mass is 403 g/mol. The largest absolute Gasteiger partial charge is 0.488 e. The number of halogens is 3. The van der Waals surface area contributed by atoms with Gasteiger partial charge in [-0.25, -0.2) is 4.39 Å². The van der Waals surface area contributed by atoms with Crippen molar-refractivity contribution < 1.29 is 25.6 Å². The smallest absolute Gasteiger partial charge is 0.371 e. The minimum Gasteiger partial charge on any atom is -0.371 e. The number of morpholine rings is 1. The van der Waals surface area contributed by atoms with Gasteiger partial charge >= 0.3 is 10.5 Å². The molecule has 0 aliphatic carbocycles. The Kier molecular flexibility index (Phi) is 5.76. The van der Waals surface area contributed by atoms with E-state index in [4.69, 9.17) is 16.3 Å². The number of ether oxygens (including phenoxy) is 1. The van der Waals surface area contributed by atoms with Crippen molar-refractivity contribution in [1.29, 1.82) is 0 Å². The van der Waals surface area contributed by atoms with Gasteiger partial charge in [0.25, 0.3) is 0 Å². The average Bonchev–Trinajstić information content (AvgIpc) is 2.58. The third-order valence-corrected chi connectivity index (χ3v) is 4.67. The Balaban J connectivity index is 1.64. The van der Waals surface area contributed by atoms with E-state index in [9.17, 15) is 16.7 Å². The van der Waals surface area contributed by atoms with Crippen molar-refractivity contribution in [3.8, 4) is 5.75 Å². The lowest BCUT2D eigenvalue weighted by Gasteiger charge is -2.33. The molecule has 1 aliphatic rings. The van der Waals surface area contributed by atoms with Crippen LogP contribution >= 0.6 is 11.6 Å². The Morgan fingerprint density at radius 1 is 1.23 bits per heavy atom. The summed E-state index contributed by atoms with van der Waals surface area (Å²) in [5.41, 5.74) is 1.71. The van der Waals surface area contributed by atoms with Crippen molar-refractivity contribution in [1.82, 2.24) is 4.90 Å². The lowest BCUT2D eigenvalue weighted by Crippen LogP contribution is -2.37. The van der Waals surface area contributed by atoms with E-state index in [0.717, 1.165) is 11.1 Å². The molecule has 1 atom stereocenters. The van der Waals surface area contributed by atoms with Gasteiger partial charge in [0.05, 0.1) is 17.7 Å². The lowest BCUT2D eigenvalue weighted by molar-refractivity contribution is -0.0329. The Labute approximate surface area is 155 Å². The SMILES string of the molecule is O=S(=O)(F)Oc1ccc(CN2CCOC(c3ccc(F)c(Cl)c3)C2)cc1. The molecule has 0 spiro atoms. The number of benzene rings is 2. The summed E-state index contributed by atoms with van der Waals surface area (Å²) >= 11 is 5.83. The average molecular weight is 404 g/mol. The summed E-state index contributed by atoms with van der Waals surface area (Å²) in [6.45, 7) is 2.42. The van der Waals surface area contributed by atoms with Gasteiger partial charge in [-0.15, -0.1) is 0 Å². The minimum atomic E-state index is -5.03. The van der Waals surface area contributed by atoms with Crippen molar-refractivity contribution in [2.24, 2.45) is 0 Å². The third kappa shape index (κ3) is 5.14. The van der Waals surface area contributed by atoms with Crippen molar-refractivity contribution in [2.75, 3.05) is 19.7 Å². The molecule has 1 saturated heterocycles. The van der Waals surface area contributed by atoms with Gasteiger partial charge in [0, 0.05) is 19.6 Å². The second kappa shape index (κ2) is 7.87. The first-order valence-corrected chi connectivity index (χ1v) is 9.51. The van der Waals surface area contributed by atoms with Crippen LogP contribution in [-0.2, 0) is 21.8 Å². The molecule has 1 unspecified atom stereocenters. The molecule has 140 valence electrons.